The summed E-state index contributed by atoms with van der Waals surface area (Å²) in [4.78, 5) is 0.514. The minimum absolute atomic E-state index is 0.268. The second kappa shape index (κ2) is 6.93. The van der Waals surface area contributed by atoms with Gasteiger partial charge in [0.1, 0.15) is 0 Å². The summed E-state index contributed by atoms with van der Waals surface area (Å²) in [5.41, 5.74) is 1.86. The summed E-state index contributed by atoms with van der Waals surface area (Å²) in [6, 6.07) is 6.18. The number of rotatable bonds is 6. The van der Waals surface area contributed by atoms with Gasteiger partial charge in [-0.3, -0.25) is 0 Å². The molecule has 0 bridgehead atoms. The minimum Gasteiger partial charge on any atom is -0.314 e. The molecule has 0 aliphatic heterocycles. The van der Waals surface area contributed by atoms with Crippen LogP contribution < -0.4 is 5.32 Å². The smallest absolute Gasteiger partial charge is 0.178 e. The third-order valence-electron chi connectivity index (χ3n) is 4.56. The summed E-state index contributed by atoms with van der Waals surface area (Å²) < 4.78 is 25.2. The quantitative estimate of drug-likeness (QED) is 0.877. The molecular weight excluding hydrogens is 282 g/mol. The van der Waals surface area contributed by atoms with Crippen LogP contribution in [-0.4, -0.2) is 26.8 Å². The number of aryl methyl sites for hydroxylation is 2. The van der Waals surface area contributed by atoms with Crippen molar-refractivity contribution in [3.05, 3.63) is 29.3 Å². The van der Waals surface area contributed by atoms with Crippen LogP contribution in [0.2, 0.25) is 0 Å². The maximum absolute atomic E-state index is 12.6. The van der Waals surface area contributed by atoms with Crippen molar-refractivity contribution in [3.63, 3.8) is 0 Å². The van der Waals surface area contributed by atoms with Crippen LogP contribution in [0.3, 0.4) is 0 Å². The maximum Gasteiger partial charge on any atom is 0.178 e. The first kappa shape index (κ1) is 16.5. The molecule has 1 N–H and O–H groups in total. The van der Waals surface area contributed by atoms with E-state index in [4.69, 9.17) is 0 Å². The molecule has 4 heteroatoms. The Hall–Kier alpha value is -0.870. The Morgan fingerprint density at radius 1 is 1.24 bits per heavy atom. The third kappa shape index (κ3) is 4.07. The molecule has 1 aliphatic carbocycles. The average molecular weight is 309 g/mol. The van der Waals surface area contributed by atoms with Crippen molar-refractivity contribution in [1.82, 2.24) is 5.32 Å². The molecule has 0 spiro atoms. The number of nitrogens with one attached hydrogen (secondary N) is 1. The van der Waals surface area contributed by atoms with E-state index in [1.807, 2.05) is 26.0 Å². The van der Waals surface area contributed by atoms with Gasteiger partial charge in [-0.05, 0) is 62.8 Å². The van der Waals surface area contributed by atoms with Gasteiger partial charge in [0.15, 0.2) is 9.84 Å². The molecule has 1 aromatic carbocycles. The lowest BCUT2D eigenvalue weighted by Crippen LogP contribution is -2.33. The fourth-order valence-electron chi connectivity index (χ4n) is 3.37. The van der Waals surface area contributed by atoms with Gasteiger partial charge in [0.25, 0.3) is 0 Å². The largest absolute Gasteiger partial charge is 0.314 e. The first-order valence-corrected chi connectivity index (χ1v) is 9.62. The lowest BCUT2D eigenvalue weighted by molar-refractivity contribution is 0.398. The molecule has 118 valence electrons. The van der Waals surface area contributed by atoms with E-state index >= 15 is 0 Å². The van der Waals surface area contributed by atoms with Crippen LogP contribution in [0.1, 0.15) is 43.7 Å². The van der Waals surface area contributed by atoms with Crippen molar-refractivity contribution in [2.45, 2.75) is 57.4 Å². The topological polar surface area (TPSA) is 46.2 Å². The van der Waals surface area contributed by atoms with Crippen molar-refractivity contribution < 1.29 is 8.42 Å². The standard InChI is InChI=1S/C17H27NO2S/c1-4-18-16-7-5-6-15(16)10-11-21(19,20)17-12-13(2)8-9-14(17)3/h8-9,12,15-16,18H,4-7,10-11H2,1-3H3. The van der Waals surface area contributed by atoms with E-state index in [1.165, 1.54) is 12.8 Å². The molecule has 1 fully saturated rings. The fraction of sp³-hybridized carbons (Fsp3) is 0.647. The predicted molar refractivity (Wildman–Crippen MR) is 87.4 cm³/mol. The second-order valence-corrected chi connectivity index (χ2v) is 8.31. The normalized spacial score (nSPS) is 22.6. The zero-order chi connectivity index (χ0) is 15.5. The van der Waals surface area contributed by atoms with Gasteiger partial charge in [0, 0.05) is 6.04 Å². The molecule has 2 rings (SSSR count). The van der Waals surface area contributed by atoms with E-state index < -0.39 is 9.84 Å². The van der Waals surface area contributed by atoms with Gasteiger partial charge in [-0.15, -0.1) is 0 Å². The highest BCUT2D eigenvalue weighted by Gasteiger charge is 2.28. The SMILES string of the molecule is CCNC1CCCC1CCS(=O)(=O)c1cc(C)ccc1C. The van der Waals surface area contributed by atoms with Crippen LogP contribution in [0.15, 0.2) is 23.1 Å². The zero-order valence-corrected chi connectivity index (χ0v) is 14.2. The zero-order valence-electron chi connectivity index (χ0n) is 13.4. The summed E-state index contributed by atoms with van der Waals surface area (Å²) in [5, 5.41) is 3.50. The first-order valence-electron chi connectivity index (χ1n) is 7.97. The Morgan fingerprint density at radius 2 is 2.00 bits per heavy atom. The Labute approximate surface area is 129 Å². The van der Waals surface area contributed by atoms with Gasteiger partial charge in [0.2, 0.25) is 0 Å². The van der Waals surface area contributed by atoms with Crippen LogP contribution in [0.25, 0.3) is 0 Å². The molecule has 1 saturated carbocycles. The molecule has 0 saturated heterocycles. The Bertz CT molecular complexity index is 580. The van der Waals surface area contributed by atoms with Crippen molar-refractivity contribution in [1.29, 1.82) is 0 Å². The van der Waals surface area contributed by atoms with Crippen molar-refractivity contribution in [2.75, 3.05) is 12.3 Å². The van der Waals surface area contributed by atoms with E-state index in [-0.39, 0.29) is 5.75 Å². The van der Waals surface area contributed by atoms with Gasteiger partial charge in [-0.2, -0.15) is 0 Å². The molecule has 3 nitrogen and oxygen atoms in total. The van der Waals surface area contributed by atoms with Crippen LogP contribution >= 0.6 is 0 Å². The summed E-state index contributed by atoms with van der Waals surface area (Å²) in [5.74, 6) is 0.772. The van der Waals surface area contributed by atoms with E-state index in [9.17, 15) is 8.42 Å². The van der Waals surface area contributed by atoms with Crippen molar-refractivity contribution in [2.24, 2.45) is 5.92 Å². The lowest BCUT2D eigenvalue weighted by atomic mass is 10.0. The van der Waals surface area contributed by atoms with Crippen molar-refractivity contribution in [3.8, 4) is 0 Å². The van der Waals surface area contributed by atoms with E-state index in [2.05, 4.69) is 12.2 Å². The second-order valence-electron chi connectivity index (χ2n) is 6.23. The number of benzene rings is 1. The molecule has 21 heavy (non-hydrogen) atoms. The molecule has 0 heterocycles. The third-order valence-corrected chi connectivity index (χ3v) is 6.44. The maximum atomic E-state index is 12.6. The highest BCUT2D eigenvalue weighted by atomic mass is 32.2. The van der Waals surface area contributed by atoms with Gasteiger partial charge >= 0.3 is 0 Å². The molecule has 0 radical (unpaired) electrons. The van der Waals surface area contributed by atoms with E-state index in [0.29, 0.717) is 16.9 Å². The van der Waals surface area contributed by atoms with Crippen LogP contribution in [-0.2, 0) is 9.84 Å². The highest BCUT2D eigenvalue weighted by Crippen LogP contribution is 2.30. The molecule has 2 unspecified atom stereocenters. The predicted octanol–water partition coefficient (Wildman–Crippen LogP) is 3.25. The number of hydrogen-bond donors (Lipinski definition) is 1. The van der Waals surface area contributed by atoms with Crippen molar-refractivity contribution >= 4 is 9.84 Å². The average Bonchev–Trinajstić information content (AvgIpc) is 2.87. The Morgan fingerprint density at radius 3 is 2.71 bits per heavy atom. The number of hydrogen-bond acceptors (Lipinski definition) is 3. The Balaban J connectivity index is 2.06. The molecule has 0 aromatic heterocycles. The van der Waals surface area contributed by atoms with Gasteiger partial charge in [-0.1, -0.05) is 25.5 Å². The molecule has 0 amide bonds. The van der Waals surface area contributed by atoms with E-state index in [0.717, 1.165) is 30.5 Å². The summed E-state index contributed by atoms with van der Waals surface area (Å²) in [6.45, 7) is 6.90. The monoisotopic (exact) mass is 309 g/mol. The molecule has 2 atom stereocenters. The lowest BCUT2D eigenvalue weighted by Gasteiger charge is -2.20. The highest BCUT2D eigenvalue weighted by molar-refractivity contribution is 7.91. The fourth-order valence-corrected chi connectivity index (χ4v) is 5.13. The summed E-state index contributed by atoms with van der Waals surface area (Å²) >= 11 is 0. The minimum atomic E-state index is -3.17. The van der Waals surface area contributed by atoms with Crippen LogP contribution in [0, 0.1) is 19.8 Å². The first-order chi connectivity index (χ1) is 9.94. The van der Waals surface area contributed by atoms with E-state index in [1.54, 1.807) is 6.07 Å². The van der Waals surface area contributed by atoms with Gasteiger partial charge in [0.05, 0.1) is 10.6 Å². The Kier molecular flexibility index (Phi) is 5.44. The number of sulfone groups is 1. The van der Waals surface area contributed by atoms with Crippen LogP contribution in [0.5, 0.6) is 0 Å². The molecular formula is C17H27NO2S. The summed E-state index contributed by atoms with van der Waals surface area (Å²) in [6.07, 6.45) is 4.32. The summed E-state index contributed by atoms with van der Waals surface area (Å²) in [7, 11) is -3.17. The van der Waals surface area contributed by atoms with Gasteiger partial charge < -0.3 is 5.32 Å². The molecule has 1 aromatic rings. The van der Waals surface area contributed by atoms with Gasteiger partial charge in [-0.25, -0.2) is 8.42 Å². The van der Waals surface area contributed by atoms with Crippen LogP contribution in [0.4, 0.5) is 0 Å². The molecule has 1 aliphatic rings.